The third-order valence-electron chi connectivity index (χ3n) is 3.08. The van der Waals surface area contributed by atoms with Crippen LogP contribution in [-0.2, 0) is 12.3 Å². The van der Waals surface area contributed by atoms with E-state index in [1.54, 1.807) is 0 Å². The number of thioether (sulfide) groups is 1. The van der Waals surface area contributed by atoms with Crippen LogP contribution in [0.15, 0.2) is 47.4 Å². The fourth-order valence-corrected chi connectivity index (χ4v) is 3.45. The molecule has 0 fully saturated rings. The van der Waals surface area contributed by atoms with Gasteiger partial charge in [-0.2, -0.15) is 0 Å². The van der Waals surface area contributed by atoms with Crippen molar-refractivity contribution in [3.8, 4) is 0 Å². The van der Waals surface area contributed by atoms with E-state index >= 15 is 0 Å². The summed E-state index contributed by atoms with van der Waals surface area (Å²) in [6.45, 7) is 6.08. The van der Waals surface area contributed by atoms with Crippen molar-refractivity contribution in [1.29, 1.82) is 0 Å². The maximum absolute atomic E-state index is 6.36. The van der Waals surface area contributed by atoms with Gasteiger partial charge in [-0.3, -0.25) is 0 Å². The minimum absolute atomic E-state index is 0.845. The number of benzene rings is 2. The maximum atomic E-state index is 6.36. The molecule has 0 bridgehead atoms. The average Bonchev–Trinajstić information content (AvgIpc) is 2.44. The first kappa shape index (κ1) is 15.4. The van der Waals surface area contributed by atoms with Crippen molar-refractivity contribution < 1.29 is 0 Å². The van der Waals surface area contributed by atoms with E-state index in [1.165, 1.54) is 21.6 Å². The summed E-state index contributed by atoms with van der Waals surface area (Å²) in [5.41, 5.74) is 3.91. The second-order valence-corrected chi connectivity index (χ2v) is 6.18. The minimum Gasteiger partial charge on any atom is -0.313 e. The van der Waals surface area contributed by atoms with E-state index in [0.29, 0.717) is 0 Å². The van der Waals surface area contributed by atoms with Gasteiger partial charge in [0, 0.05) is 17.2 Å². The molecule has 0 heterocycles. The van der Waals surface area contributed by atoms with Crippen LogP contribution in [-0.4, -0.2) is 6.54 Å². The monoisotopic (exact) mass is 305 g/mol. The van der Waals surface area contributed by atoms with E-state index in [1.807, 2.05) is 23.9 Å². The molecule has 0 spiro atoms. The molecule has 0 aliphatic rings. The van der Waals surface area contributed by atoms with Crippen molar-refractivity contribution in [1.82, 2.24) is 5.32 Å². The Labute approximate surface area is 130 Å². The second kappa shape index (κ2) is 7.72. The Morgan fingerprint density at radius 3 is 2.70 bits per heavy atom. The lowest BCUT2D eigenvalue weighted by atomic mass is 10.2. The summed E-state index contributed by atoms with van der Waals surface area (Å²) in [5.74, 6) is 0.949. The molecular formula is C17H20ClNS. The Hall–Kier alpha value is -0.960. The van der Waals surface area contributed by atoms with Crippen molar-refractivity contribution in [3.63, 3.8) is 0 Å². The van der Waals surface area contributed by atoms with Gasteiger partial charge in [0.1, 0.15) is 0 Å². The Bertz CT molecular complexity index is 569. The van der Waals surface area contributed by atoms with E-state index in [0.717, 1.165) is 23.9 Å². The molecule has 0 unspecified atom stereocenters. The van der Waals surface area contributed by atoms with Gasteiger partial charge in [-0.15, -0.1) is 11.8 Å². The van der Waals surface area contributed by atoms with Crippen molar-refractivity contribution >= 4 is 23.4 Å². The zero-order chi connectivity index (χ0) is 14.4. The lowest BCUT2D eigenvalue weighted by Crippen LogP contribution is -2.12. The number of nitrogens with one attached hydrogen (secondary N) is 1. The topological polar surface area (TPSA) is 12.0 Å². The predicted molar refractivity (Wildman–Crippen MR) is 89.6 cm³/mol. The standard InChI is InChI=1S/C17H20ClNS/c1-3-19-11-15-8-5-9-16(18)17(15)20-12-14-7-4-6-13(2)10-14/h4-10,19H,3,11-12H2,1-2H3. The van der Waals surface area contributed by atoms with Crippen molar-refractivity contribution in [3.05, 3.63) is 64.2 Å². The van der Waals surface area contributed by atoms with Gasteiger partial charge in [-0.25, -0.2) is 0 Å². The van der Waals surface area contributed by atoms with Crippen LogP contribution in [0.25, 0.3) is 0 Å². The number of aryl methyl sites for hydroxylation is 1. The molecule has 2 aromatic rings. The van der Waals surface area contributed by atoms with E-state index in [9.17, 15) is 0 Å². The van der Waals surface area contributed by atoms with E-state index in [2.05, 4.69) is 49.5 Å². The van der Waals surface area contributed by atoms with Gasteiger partial charge in [0.25, 0.3) is 0 Å². The molecule has 0 amide bonds. The van der Waals surface area contributed by atoms with E-state index in [4.69, 9.17) is 11.6 Å². The van der Waals surface area contributed by atoms with Crippen molar-refractivity contribution in [2.75, 3.05) is 6.54 Å². The molecule has 0 saturated carbocycles. The molecule has 0 aliphatic heterocycles. The SMILES string of the molecule is CCNCc1cccc(Cl)c1SCc1cccc(C)c1. The molecule has 3 heteroatoms. The molecule has 0 radical (unpaired) electrons. The van der Waals surface area contributed by atoms with E-state index in [-0.39, 0.29) is 0 Å². The van der Waals surface area contributed by atoms with Gasteiger partial charge in [0.2, 0.25) is 0 Å². The number of halogens is 1. The average molecular weight is 306 g/mol. The summed E-state index contributed by atoms with van der Waals surface area (Å²) >= 11 is 8.17. The summed E-state index contributed by atoms with van der Waals surface area (Å²) in [6.07, 6.45) is 0. The van der Waals surface area contributed by atoms with Gasteiger partial charge >= 0.3 is 0 Å². The summed E-state index contributed by atoms with van der Waals surface area (Å²) in [6, 6.07) is 14.8. The summed E-state index contributed by atoms with van der Waals surface area (Å²) in [5, 5.41) is 4.21. The van der Waals surface area contributed by atoms with Crippen LogP contribution in [0.3, 0.4) is 0 Å². The third kappa shape index (κ3) is 4.27. The van der Waals surface area contributed by atoms with Crippen LogP contribution in [0, 0.1) is 6.92 Å². The maximum Gasteiger partial charge on any atom is 0.0545 e. The molecular weight excluding hydrogens is 286 g/mol. The zero-order valence-corrected chi connectivity index (χ0v) is 13.5. The Morgan fingerprint density at radius 2 is 1.95 bits per heavy atom. The van der Waals surface area contributed by atoms with Crippen LogP contribution in [0.2, 0.25) is 5.02 Å². The molecule has 1 nitrogen and oxygen atoms in total. The van der Waals surface area contributed by atoms with Gasteiger partial charge in [0.15, 0.2) is 0 Å². The second-order valence-electron chi connectivity index (χ2n) is 4.79. The molecule has 0 saturated heterocycles. The third-order valence-corrected chi connectivity index (χ3v) is 4.76. The van der Waals surface area contributed by atoms with Crippen LogP contribution in [0.5, 0.6) is 0 Å². The van der Waals surface area contributed by atoms with Crippen LogP contribution in [0.4, 0.5) is 0 Å². The Kier molecular flexibility index (Phi) is 5.96. The van der Waals surface area contributed by atoms with Gasteiger partial charge in [-0.05, 0) is 30.7 Å². The summed E-state index contributed by atoms with van der Waals surface area (Å²) < 4.78 is 0. The Balaban J connectivity index is 2.11. The van der Waals surface area contributed by atoms with Gasteiger partial charge in [0.05, 0.1) is 5.02 Å². The molecule has 2 rings (SSSR count). The van der Waals surface area contributed by atoms with Crippen LogP contribution >= 0.6 is 23.4 Å². The highest BCUT2D eigenvalue weighted by Gasteiger charge is 2.07. The van der Waals surface area contributed by atoms with E-state index < -0.39 is 0 Å². The highest BCUT2D eigenvalue weighted by atomic mass is 35.5. The van der Waals surface area contributed by atoms with Crippen LogP contribution < -0.4 is 5.32 Å². The lowest BCUT2D eigenvalue weighted by molar-refractivity contribution is 0.718. The van der Waals surface area contributed by atoms with Gasteiger partial charge < -0.3 is 5.32 Å². The fraction of sp³-hybridized carbons (Fsp3) is 0.294. The first-order chi connectivity index (χ1) is 9.70. The number of hydrogen-bond donors (Lipinski definition) is 1. The zero-order valence-electron chi connectivity index (χ0n) is 11.9. The molecule has 20 heavy (non-hydrogen) atoms. The first-order valence-corrected chi connectivity index (χ1v) is 8.23. The van der Waals surface area contributed by atoms with Crippen molar-refractivity contribution in [2.24, 2.45) is 0 Å². The molecule has 1 N–H and O–H groups in total. The summed E-state index contributed by atoms with van der Waals surface area (Å²) in [7, 11) is 0. The summed E-state index contributed by atoms with van der Waals surface area (Å²) in [4.78, 5) is 1.19. The Morgan fingerprint density at radius 1 is 1.15 bits per heavy atom. The molecule has 0 atom stereocenters. The highest BCUT2D eigenvalue weighted by molar-refractivity contribution is 7.98. The quantitative estimate of drug-likeness (QED) is 0.749. The lowest BCUT2D eigenvalue weighted by Gasteiger charge is -2.11. The normalized spacial score (nSPS) is 10.8. The van der Waals surface area contributed by atoms with Gasteiger partial charge in [-0.1, -0.05) is 60.5 Å². The van der Waals surface area contributed by atoms with Crippen molar-refractivity contribution in [2.45, 2.75) is 31.0 Å². The molecule has 0 aliphatic carbocycles. The molecule has 106 valence electrons. The molecule has 0 aromatic heterocycles. The fourth-order valence-electron chi connectivity index (χ4n) is 2.07. The number of hydrogen-bond acceptors (Lipinski definition) is 2. The number of rotatable bonds is 6. The predicted octanol–water partition coefficient (Wildman–Crippen LogP) is 5.05. The first-order valence-electron chi connectivity index (χ1n) is 6.87. The van der Waals surface area contributed by atoms with Crippen LogP contribution in [0.1, 0.15) is 23.6 Å². The molecule has 2 aromatic carbocycles. The smallest absolute Gasteiger partial charge is 0.0545 e. The minimum atomic E-state index is 0.845. The largest absolute Gasteiger partial charge is 0.313 e. The highest BCUT2D eigenvalue weighted by Crippen LogP contribution is 2.33.